The molecule has 0 spiro atoms. The zero-order chi connectivity index (χ0) is 53.6. The number of rotatable bonds is 62. The smallest absolute Gasteiger partial charge is 0.305 e. The number of unbranched alkanes of at least 4 members (excludes halogenated alkanes) is 48. The van der Waals surface area contributed by atoms with Crippen LogP contribution in [-0.4, -0.2) is 47.4 Å². The molecule has 0 aromatic heterocycles. The van der Waals surface area contributed by atoms with Crippen molar-refractivity contribution in [2.75, 3.05) is 13.2 Å². The number of hydrogen-bond donors (Lipinski definition) is 3. The molecule has 0 saturated heterocycles. The number of carbonyl (C=O) groups excluding carboxylic acids is 2. The Morgan fingerprint density at radius 2 is 0.662 bits per heavy atom. The number of carbonyl (C=O) groups is 2. The van der Waals surface area contributed by atoms with Gasteiger partial charge in [0.1, 0.15) is 0 Å². The number of esters is 1. The van der Waals surface area contributed by atoms with Crippen molar-refractivity contribution in [3.05, 3.63) is 36.5 Å². The molecule has 0 aliphatic rings. The van der Waals surface area contributed by atoms with Crippen LogP contribution in [0.15, 0.2) is 36.5 Å². The van der Waals surface area contributed by atoms with Gasteiger partial charge in [0.2, 0.25) is 5.91 Å². The SMILES string of the molecule is CCCCCCCCCCCCCCCCCCC/C=C/C(O)C(CO)NC(=O)CCCCCCCCCCCC/C=C\C=C/CCCCCOC(=O)CCCCCCCCCCCCCCCCCCCCC. The normalized spacial score (nSPS) is 12.8. The van der Waals surface area contributed by atoms with Crippen LogP contribution in [0.4, 0.5) is 0 Å². The Morgan fingerprint density at radius 3 is 1.00 bits per heavy atom. The van der Waals surface area contributed by atoms with Gasteiger partial charge in [0.15, 0.2) is 0 Å². The number of ether oxygens (including phenoxy) is 1. The van der Waals surface area contributed by atoms with E-state index in [0.29, 0.717) is 19.4 Å². The van der Waals surface area contributed by atoms with E-state index >= 15 is 0 Å². The van der Waals surface area contributed by atoms with Crippen LogP contribution in [-0.2, 0) is 14.3 Å². The van der Waals surface area contributed by atoms with Gasteiger partial charge in [0.25, 0.3) is 0 Å². The molecule has 0 fully saturated rings. The van der Waals surface area contributed by atoms with E-state index in [1.807, 2.05) is 6.08 Å². The molecule has 0 bridgehead atoms. The van der Waals surface area contributed by atoms with Crippen LogP contribution in [0.2, 0.25) is 0 Å². The van der Waals surface area contributed by atoms with E-state index in [2.05, 4.69) is 43.5 Å². The predicted octanol–water partition coefficient (Wildman–Crippen LogP) is 21.1. The summed E-state index contributed by atoms with van der Waals surface area (Å²) in [4.78, 5) is 24.6. The standard InChI is InChI=1S/C68H129NO5/c1-3-5-7-9-11-13-15-17-19-21-24-28-32-36-40-44-48-52-56-60-66(71)65(64-70)69-67(72)61-57-53-49-45-41-37-33-29-26-23-27-31-35-39-43-47-51-55-59-63-74-68(73)62-58-54-50-46-42-38-34-30-25-22-20-18-16-14-12-10-8-6-4-2/h31,35,39,43,56,60,65-66,70-71H,3-30,32-34,36-38,40-42,44-55,57-59,61-64H2,1-2H3,(H,69,72)/b35-31-,43-39-,60-56+. The Morgan fingerprint density at radius 1 is 0.378 bits per heavy atom. The molecule has 436 valence electrons. The number of aliphatic hydroxyl groups is 2. The average Bonchev–Trinajstić information content (AvgIpc) is 3.40. The van der Waals surface area contributed by atoms with Crippen molar-refractivity contribution in [1.82, 2.24) is 5.32 Å². The van der Waals surface area contributed by atoms with E-state index in [9.17, 15) is 19.8 Å². The van der Waals surface area contributed by atoms with Crippen LogP contribution < -0.4 is 5.32 Å². The lowest BCUT2D eigenvalue weighted by Crippen LogP contribution is -2.45. The zero-order valence-electron chi connectivity index (χ0n) is 49.8. The molecule has 0 aromatic rings. The average molecular weight is 1040 g/mol. The Balaban J connectivity index is 3.47. The Hall–Kier alpha value is -1.92. The largest absolute Gasteiger partial charge is 0.466 e. The van der Waals surface area contributed by atoms with E-state index in [4.69, 9.17) is 4.74 Å². The molecule has 2 unspecified atom stereocenters. The molecule has 0 saturated carbocycles. The molecule has 0 aliphatic heterocycles. The predicted molar refractivity (Wildman–Crippen MR) is 324 cm³/mol. The van der Waals surface area contributed by atoms with Crippen molar-refractivity contribution >= 4 is 11.9 Å². The summed E-state index contributed by atoms with van der Waals surface area (Å²) in [7, 11) is 0. The van der Waals surface area contributed by atoms with Crippen molar-refractivity contribution in [2.45, 2.75) is 373 Å². The fraction of sp³-hybridized carbons (Fsp3) is 0.882. The summed E-state index contributed by atoms with van der Waals surface area (Å²) in [6.07, 6.45) is 80.6. The third-order valence-corrected chi connectivity index (χ3v) is 15.4. The molecular weight excluding hydrogens is 911 g/mol. The molecule has 74 heavy (non-hydrogen) atoms. The summed E-state index contributed by atoms with van der Waals surface area (Å²) < 4.78 is 5.48. The molecule has 1 amide bonds. The molecule has 3 N–H and O–H groups in total. The number of allylic oxidation sites excluding steroid dienone is 5. The van der Waals surface area contributed by atoms with Crippen molar-refractivity contribution in [3.8, 4) is 0 Å². The first kappa shape index (κ1) is 72.1. The topological polar surface area (TPSA) is 95.9 Å². The first-order chi connectivity index (χ1) is 36.5. The van der Waals surface area contributed by atoms with E-state index in [-0.39, 0.29) is 18.5 Å². The van der Waals surface area contributed by atoms with Crippen LogP contribution in [0.1, 0.15) is 361 Å². The lowest BCUT2D eigenvalue weighted by atomic mass is 10.0. The van der Waals surface area contributed by atoms with Gasteiger partial charge in [-0.3, -0.25) is 9.59 Å². The van der Waals surface area contributed by atoms with Gasteiger partial charge in [0.05, 0.1) is 25.4 Å². The second kappa shape index (κ2) is 63.6. The van der Waals surface area contributed by atoms with E-state index in [0.717, 1.165) is 77.0 Å². The summed E-state index contributed by atoms with van der Waals surface area (Å²) in [6.45, 7) is 4.90. The number of hydrogen-bond acceptors (Lipinski definition) is 5. The highest BCUT2D eigenvalue weighted by molar-refractivity contribution is 5.76. The van der Waals surface area contributed by atoms with Gasteiger partial charge in [-0.1, -0.05) is 320 Å². The van der Waals surface area contributed by atoms with Crippen LogP contribution >= 0.6 is 0 Å². The summed E-state index contributed by atoms with van der Waals surface area (Å²) in [5.74, 6) is -0.0841. The minimum atomic E-state index is -0.852. The highest BCUT2D eigenvalue weighted by Gasteiger charge is 2.18. The second-order valence-electron chi connectivity index (χ2n) is 22.8. The lowest BCUT2D eigenvalue weighted by molar-refractivity contribution is -0.143. The Labute approximate surface area is 462 Å². The van der Waals surface area contributed by atoms with Gasteiger partial charge in [0, 0.05) is 12.8 Å². The highest BCUT2D eigenvalue weighted by atomic mass is 16.5. The van der Waals surface area contributed by atoms with Crippen LogP contribution in [0.5, 0.6) is 0 Å². The third kappa shape index (κ3) is 59.3. The number of amides is 1. The number of nitrogens with one attached hydrogen (secondary N) is 1. The Kier molecular flexibility index (Phi) is 62.0. The summed E-state index contributed by atoms with van der Waals surface area (Å²) in [6, 6.07) is -0.637. The van der Waals surface area contributed by atoms with E-state index in [1.165, 1.54) is 257 Å². The molecule has 0 aromatic carbocycles. The first-order valence-corrected chi connectivity index (χ1v) is 33.3. The molecule has 6 heteroatoms. The zero-order valence-corrected chi connectivity index (χ0v) is 49.8. The second-order valence-corrected chi connectivity index (χ2v) is 22.8. The van der Waals surface area contributed by atoms with Crippen molar-refractivity contribution in [3.63, 3.8) is 0 Å². The maximum absolute atomic E-state index is 12.5. The fourth-order valence-electron chi connectivity index (χ4n) is 10.3. The fourth-order valence-corrected chi connectivity index (χ4v) is 10.3. The van der Waals surface area contributed by atoms with Crippen molar-refractivity contribution in [1.29, 1.82) is 0 Å². The van der Waals surface area contributed by atoms with Gasteiger partial charge in [-0.2, -0.15) is 0 Å². The van der Waals surface area contributed by atoms with Crippen molar-refractivity contribution < 1.29 is 24.5 Å². The molecule has 0 heterocycles. The van der Waals surface area contributed by atoms with Crippen LogP contribution in [0.3, 0.4) is 0 Å². The minimum Gasteiger partial charge on any atom is -0.466 e. The molecule has 2 atom stereocenters. The van der Waals surface area contributed by atoms with Gasteiger partial charge in [-0.05, 0) is 64.2 Å². The summed E-state index contributed by atoms with van der Waals surface area (Å²) in [5.41, 5.74) is 0. The minimum absolute atomic E-state index is 0.00890. The van der Waals surface area contributed by atoms with Gasteiger partial charge in [-0.15, -0.1) is 0 Å². The quantitative estimate of drug-likeness (QED) is 0.0244. The van der Waals surface area contributed by atoms with Gasteiger partial charge >= 0.3 is 5.97 Å². The van der Waals surface area contributed by atoms with Gasteiger partial charge in [-0.25, -0.2) is 0 Å². The molecule has 6 nitrogen and oxygen atoms in total. The Bertz CT molecular complexity index is 1200. The lowest BCUT2D eigenvalue weighted by Gasteiger charge is -2.20. The molecular formula is C68H129NO5. The molecule has 0 aliphatic carbocycles. The molecule has 0 radical (unpaired) electrons. The first-order valence-electron chi connectivity index (χ1n) is 33.3. The van der Waals surface area contributed by atoms with Crippen LogP contribution in [0.25, 0.3) is 0 Å². The maximum atomic E-state index is 12.5. The third-order valence-electron chi connectivity index (χ3n) is 15.4. The summed E-state index contributed by atoms with van der Waals surface area (Å²) >= 11 is 0. The highest BCUT2D eigenvalue weighted by Crippen LogP contribution is 2.18. The van der Waals surface area contributed by atoms with Gasteiger partial charge < -0.3 is 20.3 Å². The summed E-state index contributed by atoms with van der Waals surface area (Å²) in [5, 5.41) is 23.2. The van der Waals surface area contributed by atoms with Crippen molar-refractivity contribution in [2.24, 2.45) is 0 Å². The van der Waals surface area contributed by atoms with E-state index in [1.54, 1.807) is 6.08 Å². The monoisotopic (exact) mass is 1040 g/mol. The number of aliphatic hydroxyl groups excluding tert-OH is 2. The maximum Gasteiger partial charge on any atom is 0.305 e. The molecule has 0 rings (SSSR count). The van der Waals surface area contributed by atoms with E-state index < -0.39 is 12.1 Å². The van der Waals surface area contributed by atoms with Crippen LogP contribution in [0, 0.1) is 0 Å².